The molecule has 23 heavy (non-hydrogen) atoms. The number of Topliss-reactive ketones (excluding diaryl/α,β-unsaturated/α-hetero) is 1. The molecule has 0 fully saturated rings. The first-order valence-electron chi connectivity index (χ1n) is 7.15. The smallest absolute Gasteiger partial charge is 0.306 e. The first-order chi connectivity index (χ1) is 10.5. The number of aliphatic carboxylic acids is 1. The van der Waals surface area contributed by atoms with E-state index in [0.717, 1.165) is 6.07 Å². The lowest BCUT2D eigenvalue weighted by Gasteiger charge is -2.21. The van der Waals surface area contributed by atoms with Crippen molar-refractivity contribution in [1.82, 2.24) is 0 Å². The first kappa shape index (κ1) is 19.4. The quantitative estimate of drug-likeness (QED) is 0.704. The fourth-order valence-electron chi connectivity index (χ4n) is 2.03. The fraction of sp³-hybridized carbons (Fsp3) is 0.500. The summed E-state index contributed by atoms with van der Waals surface area (Å²) in [6.45, 7) is 4.81. The summed E-state index contributed by atoms with van der Waals surface area (Å²) in [7, 11) is 0. The average Bonchev–Trinajstić information content (AvgIpc) is 2.38. The van der Waals surface area contributed by atoms with E-state index < -0.39 is 29.6 Å². The Kier molecular flexibility index (Phi) is 6.53. The molecule has 0 heterocycles. The summed E-state index contributed by atoms with van der Waals surface area (Å²) in [5, 5.41) is 18.5. The molecule has 7 heteroatoms. The lowest BCUT2D eigenvalue weighted by atomic mass is 9.93. The van der Waals surface area contributed by atoms with Gasteiger partial charge in [-0.3, -0.25) is 9.59 Å². The van der Waals surface area contributed by atoms with Crippen LogP contribution in [0.3, 0.4) is 0 Å². The van der Waals surface area contributed by atoms with E-state index in [-0.39, 0.29) is 35.3 Å². The maximum atomic E-state index is 13.6. The molecule has 0 bridgehead atoms. The summed E-state index contributed by atoms with van der Waals surface area (Å²) in [4.78, 5) is 23.0. The van der Waals surface area contributed by atoms with Crippen molar-refractivity contribution in [3.63, 3.8) is 0 Å². The standard InChI is InChI=1S/C16H20ClFO5/c1-9(2)23-14-7-12(18)11(17)6-10(14)13(19)4-5-16(3,22)8-15(20)21/h6-7,9,22H,4-5,8H2,1-3H3,(H,20,21). The topological polar surface area (TPSA) is 83.8 Å². The minimum absolute atomic E-state index is 0.0474. The van der Waals surface area contributed by atoms with Crippen molar-refractivity contribution in [2.45, 2.75) is 51.7 Å². The molecular formula is C16H20ClFO5. The first-order valence-corrected chi connectivity index (χ1v) is 7.52. The molecule has 0 radical (unpaired) electrons. The molecule has 0 aliphatic carbocycles. The van der Waals surface area contributed by atoms with Crippen LogP contribution in [0.5, 0.6) is 5.75 Å². The Morgan fingerprint density at radius 1 is 1.39 bits per heavy atom. The largest absolute Gasteiger partial charge is 0.490 e. The van der Waals surface area contributed by atoms with Crippen molar-refractivity contribution in [2.75, 3.05) is 0 Å². The Hall–Kier alpha value is -1.66. The molecule has 0 spiro atoms. The van der Waals surface area contributed by atoms with Gasteiger partial charge in [-0.1, -0.05) is 11.6 Å². The van der Waals surface area contributed by atoms with E-state index in [0.29, 0.717) is 0 Å². The molecule has 0 aliphatic heterocycles. The monoisotopic (exact) mass is 346 g/mol. The molecule has 1 rings (SSSR count). The number of aliphatic hydroxyl groups is 1. The third kappa shape index (κ3) is 6.15. The number of benzene rings is 1. The predicted molar refractivity (Wildman–Crippen MR) is 83.6 cm³/mol. The Balaban J connectivity index is 2.94. The fourth-order valence-corrected chi connectivity index (χ4v) is 2.19. The van der Waals surface area contributed by atoms with E-state index >= 15 is 0 Å². The van der Waals surface area contributed by atoms with Gasteiger partial charge in [0.2, 0.25) is 0 Å². The van der Waals surface area contributed by atoms with Crippen LogP contribution >= 0.6 is 11.6 Å². The van der Waals surface area contributed by atoms with Crippen LogP contribution in [-0.4, -0.2) is 33.7 Å². The van der Waals surface area contributed by atoms with Gasteiger partial charge < -0.3 is 14.9 Å². The highest BCUT2D eigenvalue weighted by atomic mass is 35.5. The van der Waals surface area contributed by atoms with Gasteiger partial charge in [0.15, 0.2) is 5.78 Å². The number of ketones is 1. The Labute approximate surface area is 139 Å². The van der Waals surface area contributed by atoms with Gasteiger partial charge in [0, 0.05) is 12.5 Å². The molecule has 1 atom stereocenters. The van der Waals surface area contributed by atoms with Gasteiger partial charge in [-0.05, 0) is 33.3 Å². The zero-order chi connectivity index (χ0) is 17.8. The van der Waals surface area contributed by atoms with E-state index in [1.807, 2.05) is 0 Å². The van der Waals surface area contributed by atoms with Crippen LogP contribution in [0.15, 0.2) is 12.1 Å². The summed E-state index contributed by atoms with van der Waals surface area (Å²) in [6, 6.07) is 2.23. The van der Waals surface area contributed by atoms with Crippen LogP contribution in [0, 0.1) is 5.82 Å². The highest BCUT2D eigenvalue weighted by molar-refractivity contribution is 6.31. The van der Waals surface area contributed by atoms with Crippen LogP contribution in [0.2, 0.25) is 5.02 Å². The van der Waals surface area contributed by atoms with Gasteiger partial charge in [-0.15, -0.1) is 0 Å². The summed E-state index contributed by atoms with van der Waals surface area (Å²) in [5.41, 5.74) is -1.40. The SMILES string of the molecule is CC(C)Oc1cc(F)c(Cl)cc1C(=O)CCC(C)(O)CC(=O)O. The Bertz CT molecular complexity index is 598. The molecule has 5 nitrogen and oxygen atoms in total. The molecule has 1 unspecified atom stereocenters. The van der Waals surface area contributed by atoms with Crippen molar-refractivity contribution in [3.05, 3.63) is 28.5 Å². The number of halogens is 2. The van der Waals surface area contributed by atoms with Gasteiger partial charge in [-0.25, -0.2) is 4.39 Å². The molecule has 0 saturated heterocycles. The van der Waals surface area contributed by atoms with Gasteiger partial charge in [0.25, 0.3) is 0 Å². The molecule has 0 saturated carbocycles. The van der Waals surface area contributed by atoms with Gasteiger partial charge in [0.1, 0.15) is 11.6 Å². The van der Waals surface area contributed by atoms with Crippen LogP contribution in [0.1, 0.15) is 50.4 Å². The van der Waals surface area contributed by atoms with E-state index in [2.05, 4.69) is 0 Å². The summed E-state index contributed by atoms with van der Waals surface area (Å²) >= 11 is 5.72. The average molecular weight is 347 g/mol. The van der Waals surface area contributed by atoms with Crippen molar-refractivity contribution < 1.29 is 28.9 Å². The van der Waals surface area contributed by atoms with Crippen LogP contribution in [0.25, 0.3) is 0 Å². The molecule has 0 aliphatic rings. The number of carboxylic acid groups (broad SMARTS) is 1. The molecule has 2 N–H and O–H groups in total. The lowest BCUT2D eigenvalue weighted by Crippen LogP contribution is -2.28. The van der Waals surface area contributed by atoms with E-state index in [4.69, 9.17) is 21.4 Å². The normalized spacial score (nSPS) is 13.7. The maximum Gasteiger partial charge on any atom is 0.306 e. The molecule has 128 valence electrons. The second-order valence-corrected chi connectivity index (χ2v) is 6.33. The minimum Gasteiger partial charge on any atom is -0.490 e. The Morgan fingerprint density at radius 3 is 2.52 bits per heavy atom. The number of carboxylic acids is 1. The van der Waals surface area contributed by atoms with E-state index in [9.17, 15) is 19.1 Å². The highest BCUT2D eigenvalue weighted by Gasteiger charge is 2.26. The number of carbonyl (C=O) groups excluding carboxylic acids is 1. The van der Waals surface area contributed by atoms with Gasteiger partial charge in [0.05, 0.1) is 28.7 Å². The van der Waals surface area contributed by atoms with Gasteiger partial charge >= 0.3 is 5.97 Å². The zero-order valence-electron chi connectivity index (χ0n) is 13.2. The molecule has 0 aromatic heterocycles. The third-order valence-electron chi connectivity index (χ3n) is 3.11. The second kappa shape index (κ2) is 7.75. The van der Waals surface area contributed by atoms with Crippen molar-refractivity contribution in [3.8, 4) is 5.75 Å². The number of carbonyl (C=O) groups is 2. The second-order valence-electron chi connectivity index (χ2n) is 5.92. The lowest BCUT2D eigenvalue weighted by molar-refractivity contribution is -0.142. The molecule has 1 aromatic rings. The summed E-state index contributed by atoms with van der Waals surface area (Å²) in [5.74, 6) is -2.19. The van der Waals surface area contributed by atoms with Crippen LogP contribution < -0.4 is 4.74 Å². The number of rotatable bonds is 8. The van der Waals surface area contributed by atoms with Crippen LogP contribution in [-0.2, 0) is 4.79 Å². The maximum absolute atomic E-state index is 13.6. The van der Waals surface area contributed by atoms with Gasteiger partial charge in [-0.2, -0.15) is 0 Å². The Morgan fingerprint density at radius 2 is 2.00 bits per heavy atom. The van der Waals surface area contributed by atoms with Crippen molar-refractivity contribution in [2.24, 2.45) is 0 Å². The number of ether oxygens (including phenoxy) is 1. The molecular weight excluding hydrogens is 327 g/mol. The molecule has 0 amide bonds. The van der Waals surface area contributed by atoms with E-state index in [1.54, 1.807) is 13.8 Å². The minimum atomic E-state index is -1.51. The predicted octanol–water partition coefficient (Wildman–Crippen LogP) is 3.45. The van der Waals surface area contributed by atoms with Crippen LogP contribution in [0.4, 0.5) is 4.39 Å². The zero-order valence-corrected chi connectivity index (χ0v) is 14.0. The van der Waals surface area contributed by atoms with Crippen molar-refractivity contribution in [1.29, 1.82) is 0 Å². The molecule has 1 aromatic carbocycles. The number of hydrogen-bond donors (Lipinski definition) is 2. The van der Waals surface area contributed by atoms with E-state index in [1.165, 1.54) is 13.0 Å². The third-order valence-corrected chi connectivity index (χ3v) is 3.40. The number of hydrogen-bond acceptors (Lipinski definition) is 4. The van der Waals surface area contributed by atoms with Crippen molar-refractivity contribution >= 4 is 23.4 Å². The summed E-state index contributed by atoms with van der Waals surface area (Å²) < 4.78 is 19.0. The highest BCUT2D eigenvalue weighted by Crippen LogP contribution is 2.29. The summed E-state index contributed by atoms with van der Waals surface area (Å²) in [6.07, 6.45) is -0.901.